The van der Waals surface area contributed by atoms with Gasteiger partial charge in [0.25, 0.3) is 5.69 Å². The third-order valence-electron chi connectivity index (χ3n) is 14.8. The number of fused-ring (bicyclic) bond motifs is 3. The molecule has 0 bridgehead atoms. The summed E-state index contributed by atoms with van der Waals surface area (Å²) in [6, 6.07) is 31.4. The smallest absolute Gasteiger partial charge is 0.269 e. The topological polar surface area (TPSA) is 162 Å². The maximum Gasteiger partial charge on any atom is 0.269 e. The van der Waals surface area contributed by atoms with Gasteiger partial charge in [-0.05, 0) is 120 Å². The molecule has 1 saturated carbocycles. The zero-order chi connectivity index (χ0) is 50.7. The largest absolute Gasteiger partial charge is 0.489 e. The Labute approximate surface area is 425 Å². The van der Waals surface area contributed by atoms with Crippen LogP contribution >= 0.6 is 0 Å². The monoisotopic (exact) mass is 993 g/mol. The Balaban J connectivity index is 1.25. The quantitative estimate of drug-likeness (QED) is 0.0224. The molecular formula is C59H64FN3O10. The summed E-state index contributed by atoms with van der Waals surface area (Å²) in [6.45, 7) is 4.93. The Kier molecular flexibility index (Phi) is 16.8. The molecule has 0 aromatic heterocycles. The van der Waals surface area contributed by atoms with Crippen molar-refractivity contribution in [3.8, 4) is 11.5 Å². The van der Waals surface area contributed by atoms with Crippen LogP contribution in [-0.2, 0) is 32.3 Å². The van der Waals surface area contributed by atoms with Crippen LogP contribution in [0.25, 0.3) is 16.8 Å². The van der Waals surface area contributed by atoms with Crippen LogP contribution in [0.5, 0.6) is 11.5 Å². The number of unbranched alkanes of at least 4 members (excludes halogenated alkanes) is 2. The first-order valence-corrected chi connectivity index (χ1v) is 25.6. The lowest BCUT2D eigenvalue weighted by Gasteiger charge is -2.60. The van der Waals surface area contributed by atoms with Crippen LogP contribution in [0.2, 0.25) is 0 Å². The lowest BCUT2D eigenvalue weighted by Crippen LogP contribution is -2.70. The first-order valence-electron chi connectivity index (χ1n) is 25.6. The van der Waals surface area contributed by atoms with Gasteiger partial charge in [0.2, 0.25) is 18.0 Å². The molecular weight excluding hydrogens is 930 g/mol. The van der Waals surface area contributed by atoms with E-state index < -0.39 is 29.0 Å². The highest BCUT2D eigenvalue weighted by atomic mass is 19.1. The van der Waals surface area contributed by atoms with Gasteiger partial charge in [-0.2, -0.15) is 0 Å². The van der Waals surface area contributed by atoms with Crippen molar-refractivity contribution in [3.63, 3.8) is 0 Å². The molecule has 13 nitrogen and oxygen atoms in total. The second-order valence-electron chi connectivity index (χ2n) is 19.3. The van der Waals surface area contributed by atoms with E-state index in [0.29, 0.717) is 54.2 Å². The number of non-ortho nitro benzene ring substituents is 1. The molecule has 73 heavy (non-hydrogen) atoms. The minimum Gasteiger partial charge on any atom is -0.489 e. The number of hydrogen-bond donors (Lipinski definition) is 2. The average Bonchev–Trinajstić information content (AvgIpc) is 3.41. The number of hydrogen-bond acceptors (Lipinski definition) is 11. The van der Waals surface area contributed by atoms with Gasteiger partial charge in [-0.1, -0.05) is 90.8 Å². The second-order valence-corrected chi connectivity index (χ2v) is 19.3. The van der Waals surface area contributed by atoms with Crippen LogP contribution in [0.1, 0.15) is 92.4 Å². The number of carbonyl (C=O) groups excluding carboxylic acids is 1. The highest BCUT2D eigenvalue weighted by molar-refractivity contribution is 6.03. The van der Waals surface area contributed by atoms with Crippen molar-refractivity contribution < 1.29 is 48.1 Å². The fourth-order valence-electron chi connectivity index (χ4n) is 11.4. The zero-order valence-corrected chi connectivity index (χ0v) is 41.1. The Hall–Kier alpha value is -6.71. The summed E-state index contributed by atoms with van der Waals surface area (Å²) in [5, 5.41) is 38.7. The third-order valence-corrected chi connectivity index (χ3v) is 14.8. The molecule has 5 aromatic rings. The van der Waals surface area contributed by atoms with Crippen molar-refractivity contribution in [2.24, 2.45) is 22.9 Å². The van der Waals surface area contributed by atoms with Crippen molar-refractivity contribution >= 4 is 34.2 Å². The SMILES string of the molecule is C=CCOC12Oc3ccc(OCc4ccccc4F)cc3C3C(CCCCO)C(CCCCO)C=C(C(=NOC4CCCCO4)CC1N(Cc1cccc4ccccc14)C(=O)C=Cc1ccc([N+](=O)[O-])cc1)C32. The van der Waals surface area contributed by atoms with Crippen LogP contribution in [0, 0.1) is 33.7 Å². The fraction of sp³-hybridized carbons (Fsp3) is 0.390. The summed E-state index contributed by atoms with van der Waals surface area (Å²) in [5.74, 6) is -2.24. The molecule has 382 valence electrons. The maximum absolute atomic E-state index is 15.5. The predicted octanol–water partition coefficient (Wildman–Crippen LogP) is 11.4. The van der Waals surface area contributed by atoms with E-state index in [1.807, 2.05) is 60.7 Å². The van der Waals surface area contributed by atoms with Gasteiger partial charge in [0.15, 0.2) is 0 Å². The number of allylic oxidation sites excluding steroid dienone is 1. The number of aliphatic hydroxyl groups is 2. The lowest BCUT2D eigenvalue weighted by molar-refractivity contribution is -0.384. The van der Waals surface area contributed by atoms with Crippen molar-refractivity contribution in [2.75, 3.05) is 26.4 Å². The molecule has 14 heteroatoms. The molecule has 1 saturated heterocycles. The van der Waals surface area contributed by atoms with Crippen molar-refractivity contribution in [1.29, 1.82) is 0 Å². The average molecular weight is 994 g/mol. The van der Waals surface area contributed by atoms with E-state index in [0.717, 1.165) is 66.0 Å². The standard InChI is InChI=1S/C59H64FN3O10/c1-2-33-71-59-54(62(38-43-18-13-17-41-14-3-5-19-47(41)43)55(66)30-25-40-23-26-45(27-24-40)63(67)68)37-52(61-73-56-22-9-12-34-69-56)49-35-42(15-7-10-31-64)48(20-8-11-32-65)57(58(49)59)50-36-46(28-29-53(50)72-59)70-39-44-16-4-6-21-51(44)60/h2-6,13-14,16-19,21,23-30,35-36,42,48,54,56-58,64-65H,1,7-12,15,20,22,31-34,37-39H2. The van der Waals surface area contributed by atoms with Gasteiger partial charge in [0.05, 0.1) is 29.8 Å². The Bertz CT molecular complexity index is 2820. The summed E-state index contributed by atoms with van der Waals surface area (Å²) in [6.07, 6.45) is 13.4. The van der Waals surface area contributed by atoms with Gasteiger partial charge < -0.3 is 38.9 Å². The lowest BCUT2D eigenvalue weighted by atomic mass is 9.55. The molecule has 2 aliphatic carbocycles. The summed E-state index contributed by atoms with van der Waals surface area (Å²) in [7, 11) is 0. The molecule has 9 rings (SSSR count). The predicted molar refractivity (Wildman–Crippen MR) is 277 cm³/mol. The van der Waals surface area contributed by atoms with E-state index in [-0.39, 0.29) is 74.6 Å². The van der Waals surface area contributed by atoms with E-state index >= 15 is 4.79 Å². The molecule has 0 spiro atoms. The minimum absolute atomic E-state index is 0.000248. The van der Waals surface area contributed by atoms with E-state index in [9.17, 15) is 24.7 Å². The van der Waals surface area contributed by atoms with Crippen molar-refractivity contribution in [3.05, 3.63) is 178 Å². The van der Waals surface area contributed by atoms with Gasteiger partial charge >= 0.3 is 0 Å². The fourth-order valence-corrected chi connectivity index (χ4v) is 11.4. The van der Waals surface area contributed by atoms with Crippen LogP contribution < -0.4 is 9.47 Å². The number of rotatable bonds is 22. The third kappa shape index (κ3) is 11.4. The number of oxime groups is 1. The molecule has 2 aliphatic heterocycles. The number of nitro benzene ring substituents is 1. The molecule has 2 fully saturated rings. The number of ether oxygens (including phenoxy) is 4. The number of benzene rings is 5. The molecule has 5 aromatic carbocycles. The maximum atomic E-state index is 15.5. The van der Waals surface area contributed by atoms with Crippen molar-refractivity contribution in [1.82, 2.24) is 4.90 Å². The van der Waals surface area contributed by atoms with E-state index in [2.05, 4.69) is 12.7 Å². The number of carbonyl (C=O) groups is 1. The van der Waals surface area contributed by atoms with E-state index in [4.69, 9.17) is 28.9 Å². The molecule has 7 atom stereocenters. The Morgan fingerprint density at radius 2 is 1.70 bits per heavy atom. The Morgan fingerprint density at radius 3 is 2.47 bits per heavy atom. The number of amides is 1. The van der Waals surface area contributed by atoms with Gasteiger partial charge in [-0.3, -0.25) is 14.9 Å². The number of nitro groups is 1. The molecule has 2 heterocycles. The zero-order valence-electron chi connectivity index (χ0n) is 41.1. The number of halogens is 1. The van der Waals surface area contributed by atoms with E-state index in [1.54, 1.807) is 47.4 Å². The van der Waals surface area contributed by atoms with E-state index in [1.165, 1.54) is 24.3 Å². The van der Waals surface area contributed by atoms with Gasteiger partial charge in [-0.15, -0.1) is 6.58 Å². The molecule has 4 aliphatic rings. The first-order chi connectivity index (χ1) is 35.7. The van der Waals surface area contributed by atoms with Crippen LogP contribution in [0.3, 0.4) is 0 Å². The van der Waals surface area contributed by atoms with Crippen LogP contribution in [0.15, 0.2) is 145 Å². The van der Waals surface area contributed by atoms with Crippen molar-refractivity contribution in [2.45, 2.75) is 101 Å². The number of nitrogens with zero attached hydrogens (tertiary/aromatic N) is 3. The first kappa shape index (κ1) is 51.2. The summed E-state index contributed by atoms with van der Waals surface area (Å²) < 4.78 is 42.2. The molecule has 1 amide bonds. The molecule has 7 unspecified atom stereocenters. The molecule has 0 radical (unpaired) electrons. The van der Waals surface area contributed by atoms with Gasteiger partial charge in [-0.25, -0.2) is 4.39 Å². The van der Waals surface area contributed by atoms with Crippen LogP contribution in [-0.4, -0.2) is 76.2 Å². The summed E-state index contributed by atoms with van der Waals surface area (Å²) in [5.41, 5.74) is 4.20. The van der Waals surface area contributed by atoms with Crippen LogP contribution in [0.4, 0.5) is 10.1 Å². The summed E-state index contributed by atoms with van der Waals surface area (Å²) >= 11 is 0. The minimum atomic E-state index is -1.57. The summed E-state index contributed by atoms with van der Waals surface area (Å²) in [4.78, 5) is 34.8. The highest BCUT2D eigenvalue weighted by Gasteiger charge is 2.65. The number of aliphatic hydroxyl groups excluding tert-OH is 2. The Morgan fingerprint density at radius 1 is 0.932 bits per heavy atom. The second kappa shape index (κ2) is 23.9. The van der Waals surface area contributed by atoms with Gasteiger partial charge in [0, 0.05) is 67.9 Å². The molecule has 2 N–H and O–H groups in total. The van der Waals surface area contributed by atoms with Gasteiger partial charge in [0.1, 0.15) is 30.0 Å². The highest BCUT2D eigenvalue weighted by Crippen LogP contribution is 2.62. The normalized spacial score (nSPS) is 23.8.